The number of benzene rings is 1. The van der Waals surface area contributed by atoms with Crippen LogP contribution in [0.15, 0.2) is 23.2 Å². The van der Waals surface area contributed by atoms with Gasteiger partial charge in [0.25, 0.3) is 0 Å². The van der Waals surface area contributed by atoms with Crippen LogP contribution in [0.2, 0.25) is 0 Å². The van der Waals surface area contributed by atoms with Crippen LogP contribution in [0.25, 0.3) is 0 Å². The molecule has 6 nitrogen and oxygen atoms in total. The Morgan fingerprint density at radius 3 is 2.56 bits per heavy atom. The molecule has 0 aliphatic carbocycles. The molecular weight excluding hydrogens is 460 g/mol. The Hall–Kier alpha value is -1.68. The van der Waals surface area contributed by atoms with Gasteiger partial charge in [-0.05, 0) is 38.0 Å². The summed E-state index contributed by atoms with van der Waals surface area (Å²) in [4.78, 5) is 4.25. The maximum absolute atomic E-state index is 13.4. The molecule has 8 heteroatoms. The molecule has 0 aliphatic rings. The van der Waals surface area contributed by atoms with E-state index < -0.39 is 0 Å². The first kappa shape index (κ1) is 23.4. The fourth-order valence-electron chi connectivity index (χ4n) is 2.78. The molecule has 2 rings (SSSR count). The lowest BCUT2D eigenvalue weighted by Crippen LogP contribution is -2.36. The number of hydrogen-bond acceptors (Lipinski definition) is 3. The fourth-order valence-corrected chi connectivity index (χ4v) is 2.78. The highest BCUT2D eigenvalue weighted by Gasteiger charge is 2.12. The lowest BCUT2D eigenvalue weighted by molar-refractivity contribution is 0.182. The molecule has 0 atom stereocenters. The van der Waals surface area contributed by atoms with Gasteiger partial charge in [0.05, 0.1) is 18.8 Å². The summed E-state index contributed by atoms with van der Waals surface area (Å²) in [5.74, 6) is 0.503. The molecule has 0 amide bonds. The number of hydrogen-bond donors (Lipinski definition) is 2. The number of aryl methyl sites for hydroxylation is 2. The van der Waals surface area contributed by atoms with Gasteiger partial charge in [0.2, 0.25) is 0 Å². The van der Waals surface area contributed by atoms with Crippen LogP contribution in [0.1, 0.15) is 28.1 Å². The summed E-state index contributed by atoms with van der Waals surface area (Å²) < 4.78 is 20.4. The molecule has 2 aromatic rings. The predicted molar refractivity (Wildman–Crippen MR) is 117 cm³/mol. The Morgan fingerprint density at radius 1 is 1.22 bits per heavy atom. The number of aromatic nitrogens is 2. The van der Waals surface area contributed by atoms with Gasteiger partial charge >= 0.3 is 0 Å². The van der Waals surface area contributed by atoms with Crippen LogP contribution in [-0.2, 0) is 24.4 Å². The van der Waals surface area contributed by atoms with E-state index in [1.807, 2.05) is 17.7 Å². The minimum absolute atomic E-state index is 0. The average molecular weight is 489 g/mol. The molecule has 0 fully saturated rings. The minimum Gasteiger partial charge on any atom is -0.383 e. The third-order valence-corrected chi connectivity index (χ3v) is 4.38. The van der Waals surface area contributed by atoms with Crippen LogP contribution in [0.5, 0.6) is 0 Å². The molecule has 27 heavy (non-hydrogen) atoms. The second kappa shape index (κ2) is 11.2. The van der Waals surface area contributed by atoms with Crippen molar-refractivity contribution in [2.45, 2.75) is 40.4 Å². The summed E-state index contributed by atoms with van der Waals surface area (Å²) in [5.41, 5.74) is 4.92. The summed E-state index contributed by atoms with van der Waals surface area (Å²) in [6, 6.07) is 5.10. The van der Waals surface area contributed by atoms with Crippen molar-refractivity contribution in [3.63, 3.8) is 0 Å². The van der Waals surface area contributed by atoms with Gasteiger partial charge in [-0.15, -0.1) is 24.0 Å². The van der Waals surface area contributed by atoms with Gasteiger partial charge in [0.15, 0.2) is 5.96 Å². The zero-order chi connectivity index (χ0) is 19.1. The molecule has 0 saturated heterocycles. The SMILES string of the molecule is CN=C(NCc1ccc(F)c(C)c1)NCc1c(C)nn(CCOC)c1C.I. The Bertz CT molecular complexity index is 776. The van der Waals surface area contributed by atoms with Crippen LogP contribution in [0, 0.1) is 26.6 Å². The number of ether oxygens (including phenoxy) is 1. The minimum atomic E-state index is -0.187. The standard InChI is InChI=1S/C19H28FN5O.HI/c1-13-10-16(6-7-18(13)20)11-22-19(21-4)23-12-17-14(2)24-25(15(17)3)8-9-26-5;/h6-7,10H,8-9,11-12H2,1-5H3,(H2,21,22,23);1H. The number of halogens is 2. The number of guanidine groups is 1. The molecule has 0 saturated carbocycles. The van der Waals surface area contributed by atoms with Gasteiger partial charge in [-0.25, -0.2) is 4.39 Å². The number of nitrogens with zero attached hydrogens (tertiary/aromatic N) is 3. The highest BCUT2D eigenvalue weighted by atomic mass is 127. The summed E-state index contributed by atoms with van der Waals surface area (Å²) in [5, 5.41) is 11.1. The highest BCUT2D eigenvalue weighted by molar-refractivity contribution is 14.0. The summed E-state index contributed by atoms with van der Waals surface area (Å²) in [6.07, 6.45) is 0. The van der Waals surface area contributed by atoms with Crippen molar-refractivity contribution in [1.82, 2.24) is 20.4 Å². The molecule has 0 bridgehead atoms. The van der Waals surface area contributed by atoms with E-state index in [0.29, 0.717) is 31.2 Å². The molecule has 0 spiro atoms. The van der Waals surface area contributed by atoms with E-state index in [1.165, 1.54) is 6.07 Å². The largest absolute Gasteiger partial charge is 0.383 e. The lowest BCUT2D eigenvalue weighted by atomic mass is 10.1. The summed E-state index contributed by atoms with van der Waals surface area (Å²) >= 11 is 0. The molecule has 1 aromatic heterocycles. The van der Waals surface area contributed by atoms with Crippen LogP contribution in [-0.4, -0.2) is 36.5 Å². The third kappa shape index (κ3) is 6.46. The number of methoxy groups -OCH3 is 1. The normalized spacial score (nSPS) is 11.3. The second-order valence-electron chi connectivity index (χ2n) is 6.23. The van der Waals surface area contributed by atoms with E-state index in [4.69, 9.17) is 4.74 Å². The lowest BCUT2D eigenvalue weighted by Gasteiger charge is -2.13. The van der Waals surface area contributed by atoms with Crippen LogP contribution in [0.3, 0.4) is 0 Å². The Kier molecular flexibility index (Phi) is 9.71. The first-order chi connectivity index (χ1) is 12.5. The average Bonchev–Trinajstić information content (AvgIpc) is 2.90. The number of rotatable bonds is 7. The monoisotopic (exact) mass is 489 g/mol. The van der Waals surface area contributed by atoms with E-state index in [0.717, 1.165) is 29.1 Å². The maximum atomic E-state index is 13.4. The van der Waals surface area contributed by atoms with Gasteiger partial charge in [0, 0.05) is 38.5 Å². The number of aliphatic imine (C=N–C) groups is 1. The maximum Gasteiger partial charge on any atom is 0.191 e. The molecule has 0 radical (unpaired) electrons. The summed E-state index contributed by atoms with van der Waals surface area (Å²) in [7, 11) is 3.42. The highest BCUT2D eigenvalue weighted by Crippen LogP contribution is 2.13. The van der Waals surface area contributed by atoms with Gasteiger partial charge in [0.1, 0.15) is 5.82 Å². The smallest absolute Gasteiger partial charge is 0.191 e. The van der Waals surface area contributed by atoms with Crippen molar-refractivity contribution in [1.29, 1.82) is 0 Å². The van der Waals surface area contributed by atoms with E-state index in [9.17, 15) is 4.39 Å². The second-order valence-corrected chi connectivity index (χ2v) is 6.23. The van der Waals surface area contributed by atoms with Gasteiger partial charge in [-0.2, -0.15) is 5.10 Å². The molecule has 1 aromatic carbocycles. The molecular formula is C19H29FIN5O. The van der Waals surface area contributed by atoms with E-state index >= 15 is 0 Å². The van der Waals surface area contributed by atoms with E-state index in [2.05, 4.69) is 27.6 Å². The van der Waals surface area contributed by atoms with E-state index in [-0.39, 0.29) is 29.8 Å². The topological polar surface area (TPSA) is 63.5 Å². The van der Waals surface area contributed by atoms with Crippen molar-refractivity contribution in [2.24, 2.45) is 4.99 Å². The summed E-state index contributed by atoms with van der Waals surface area (Å²) in [6.45, 7) is 8.40. The van der Waals surface area contributed by atoms with Crippen LogP contribution in [0.4, 0.5) is 4.39 Å². The van der Waals surface area contributed by atoms with Crippen molar-refractivity contribution >= 4 is 29.9 Å². The van der Waals surface area contributed by atoms with Crippen molar-refractivity contribution in [3.05, 3.63) is 52.1 Å². The Morgan fingerprint density at radius 2 is 1.93 bits per heavy atom. The van der Waals surface area contributed by atoms with Crippen LogP contribution >= 0.6 is 24.0 Å². The molecule has 150 valence electrons. The Balaban J connectivity index is 0.00000364. The predicted octanol–water partition coefficient (Wildman–Crippen LogP) is 3.08. The zero-order valence-electron chi connectivity index (χ0n) is 16.6. The first-order valence-electron chi connectivity index (χ1n) is 8.67. The van der Waals surface area contributed by atoms with Crippen molar-refractivity contribution in [2.75, 3.05) is 20.8 Å². The van der Waals surface area contributed by atoms with Gasteiger partial charge in [-0.3, -0.25) is 9.67 Å². The molecule has 0 aliphatic heterocycles. The zero-order valence-corrected chi connectivity index (χ0v) is 18.9. The van der Waals surface area contributed by atoms with Gasteiger partial charge < -0.3 is 15.4 Å². The first-order valence-corrected chi connectivity index (χ1v) is 8.67. The van der Waals surface area contributed by atoms with Crippen molar-refractivity contribution < 1.29 is 9.13 Å². The van der Waals surface area contributed by atoms with E-state index in [1.54, 1.807) is 27.1 Å². The molecule has 1 heterocycles. The quantitative estimate of drug-likeness (QED) is 0.357. The molecule has 2 N–H and O–H groups in total. The fraction of sp³-hybridized carbons (Fsp3) is 0.474. The number of nitrogens with one attached hydrogen (secondary N) is 2. The molecule has 0 unspecified atom stereocenters. The Labute approximate surface area is 177 Å². The van der Waals surface area contributed by atoms with Crippen LogP contribution < -0.4 is 10.6 Å². The van der Waals surface area contributed by atoms with Crippen molar-refractivity contribution in [3.8, 4) is 0 Å². The third-order valence-electron chi connectivity index (χ3n) is 4.38. The van der Waals surface area contributed by atoms with Gasteiger partial charge in [-0.1, -0.05) is 12.1 Å².